The van der Waals surface area contributed by atoms with Gasteiger partial charge in [0.25, 0.3) is 0 Å². The molecule has 52 valence electrons. The van der Waals surface area contributed by atoms with Crippen LogP contribution in [0.15, 0.2) is 18.7 Å². The fraction of sp³-hybridized carbons (Fsp3) is 0. The van der Waals surface area contributed by atoms with Gasteiger partial charge in [0.1, 0.15) is 6.33 Å². The van der Waals surface area contributed by atoms with Crippen LogP contribution in [0.4, 0.5) is 4.79 Å². The molecule has 9 heavy (non-hydrogen) atoms. The molecular weight excluding hydrogens is 167 g/mol. The zero-order chi connectivity index (χ0) is 5.98. The molecule has 0 saturated carbocycles. The SMILES string of the molecule is O=C(O)n1ccnc1.[Ni]. The van der Waals surface area contributed by atoms with Crippen LogP contribution >= 0.6 is 0 Å². The van der Waals surface area contributed by atoms with E-state index in [1.165, 1.54) is 18.7 Å². The first-order valence-electron chi connectivity index (χ1n) is 2.02. The second-order valence-corrected chi connectivity index (χ2v) is 1.25. The number of hydrogen-bond donors (Lipinski definition) is 1. The van der Waals surface area contributed by atoms with E-state index in [1.807, 2.05) is 0 Å². The molecule has 0 aliphatic carbocycles. The van der Waals surface area contributed by atoms with Crippen molar-refractivity contribution in [2.24, 2.45) is 0 Å². The summed E-state index contributed by atoms with van der Waals surface area (Å²) in [5.41, 5.74) is 0. The van der Waals surface area contributed by atoms with Gasteiger partial charge in [0.2, 0.25) is 0 Å². The van der Waals surface area contributed by atoms with Crippen LogP contribution in [0, 0.1) is 0 Å². The summed E-state index contributed by atoms with van der Waals surface area (Å²) in [6, 6.07) is 0. The van der Waals surface area contributed by atoms with Gasteiger partial charge in [-0.25, -0.2) is 14.3 Å². The van der Waals surface area contributed by atoms with Crippen LogP contribution in [-0.4, -0.2) is 20.8 Å². The average Bonchev–Trinajstić information content (AvgIpc) is 2.12. The van der Waals surface area contributed by atoms with Gasteiger partial charge in [-0.3, -0.25) is 0 Å². The maximum absolute atomic E-state index is 9.98. The Bertz CT molecular complexity index is 184. The first kappa shape index (κ1) is 8.17. The number of hydrogen-bond acceptors (Lipinski definition) is 2. The third-order valence-electron chi connectivity index (χ3n) is 0.725. The smallest absolute Gasteiger partial charge is 0.416 e. The summed E-state index contributed by atoms with van der Waals surface area (Å²) in [5.74, 6) is 0. The van der Waals surface area contributed by atoms with Gasteiger partial charge in [-0.2, -0.15) is 0 Å². The monoisotopic (exact) mass is 170 g/mol. The Kier molecular flexibility index (Phi) is 2.95. The first-order valence-corrected chi connectivity index (χ1v) is 2.02. The quantitative estimate of drug-likeness (QED) is 0.574. The number of imidazole rings is 1. The fourth-order valence-electron chi connectivity index (χ4n) is 0.372. The maximum Gasteiger partial charge on any atom is 0.416 e. The molecule has 4 nitrogen and oxygen atoms in total. The van der Waals surface area contributed by atoms with Gasteiger partial charge in [-0.1, -0.05) is 0 Å². The van der Waals surface area contributed by atoms with Gasteiger partial charge >= 0.3 is 6.09 Å². The summed E-state index contributed by atoms with van der Waals surface area (Å²) in [5, 5.41) is 8.20. The molecule has 5 heteroatoms. The predicted octanol–water partition coefficient (Wildman–Crippen LogP) is 0.407. The summed E-state index contributed by atoms with van der Waals surface area (Å²) < 4.78 is 0.972. The van der Waals surface area contributed by atoms with Crippen molar-refractivity contribution in [1.29, 1.82) is 0 Å². The third-order valence-corrected chi connectivity index (χ3v) is 0.725. The minimum atomic E-state index is -1.01. The van der Waals surface area contributed by atoms with Crippen molar-refractivity contribution in [2.45, 2.75) is 0 Å². The molecule has 1 aromatic heterocycles. The third kappa shape index (κ3) is 1.86. The molecule has 0 unspecified atom stereocenters. The van der Waals surface area contributed by atoms with Crippen LogP contribution in [-0.2, 0) is 16.5 Å². The van der Waals surface area contributed by atoms with E-state index in [0.29, 0.717) is 0 Å². The molecule has 0 saturated heterocycles. The summed E-state index contributed by atoms with van der Waals surface area (Å²) in [4.78, 5) is 13.5. The Morgan fingerprint density at radius 1 is 1.67 bits per heavy atom. The second kappa shape index (κ2) is 3.25. The van der Waals surface area contributed by atoms with Gasteiger partial charge < -0.3 is 5.11 Å². The average molecular weight is 171 g/mol. The number of carboxylic acid groups (broad SMARTS) is 1. The Morgan fingerprint density at radius 2 is 2.33 bits per heavy atom. The van der Waals surface area contributed by atoms with E-state index in [0.717, 1.165) is 4.57 Å². The first-order chi connectivity index (χ1) is 3.80. The number of carbonyl (C=O) groups is 1. The Morgan fingerprint density at radius 3 is 2.56 bits per heavy atom. The molecule has 0 radical (unpaired) electrons. The number of nitrogens with zero attached hydrogens (tertiary/aromatic N) is 2. The van der Waals surface area contributed by atoms with Crippen molar-refractivity contribution in [3.63, 3.8) is 0 Å². The fourth-order valence-corrected chi connectivity index (χ4v) is 0.372. The van der Waals surface area contributed by atoms with Gasteiger partial charge in [-0.05, 0) is 0 Å². The molecule has 0 aromatic carbocycles. The van der Waals surface area contributed by atoms with Gasteiger partial charge in [-0.15, -0.1) is 0 Å². The van der Waals surface area contributed by atoms with E-state index < -0.39 is 6.09 Å². The molecule has 1 heterocycles. The summed E-state index contributed by atoms with van der Waals surface area (Å²) >= 11 is 0. The molecule has 1 N–H and O–H groups in total. The van der Waals surface area contributed by atoms with Crippen molar-refractivity contribution >= 4 is 6.09 Å². The van der Waals surface area contributed by atoms with E-state index in [9.17, 15) is 4.79 Å². The van der Waals surface area contributed by atoms with Crippen molar-refractivity contribution in [1.82, 2.24) is 9.55 Å². The zero-order valence-electron chi connectivity index (χ0n) is 4.30. The number of aromatic nitrogens is 2. The van der Waals surface area contributed by atoms with E-state index in [1.54, 1.807) is 0 Å². The molecule has 0 bridgehead atoms. The second-order valence-electron chi connectivity index (χ2n) is 1.25. The minimum absolute atomic E-state index is 0. The van der Waals surface area contributed by atoms with Gasteiger partial charge in [0.05, 0.1) is 0 Å². The van der Waals surface area contributed by atoms with Gasteiger partial charge in [0.15, 0.2) is 0 Å². The minimum Gasteiger partial charge on any atom is -0.464 e. The normalized spacial score (nSPS) is 8.00. The van der Waals surface area contributed by atoms with Crippen LogP contribution < -0.4 is 0 Å². The van der Waals surface area contributed by atoms with Crippen LogP contribution in [0.1, 0.15) is 0 Å². The van der Waals surface area contributed by atoms with E-state index in [4.69, 9.17) is 5.11 Å². The van der Waals surface area contributed by atoms with Crippen LogP contribution in [0.2, 0.25) is 0 Å². The van der Waals surface area contributed by atoms with Crippen molar-refractivity contribution < 1.29 is 26.4 Å². The molecule has 0 fully saturated rings. The molecular formula is C4H4N2NiO2. The Hall–Kier alpha value is -0.826. The molecule has 0 atom stereocenters. The van der Waals surface area contributed by atoms with E-state index in [2.05, 4.69) is 4.98 Å². The molecule has 0 aliphatic heterocycles. The Labute approximate surface area is 61.4 Å². The van der Waals surface area contributed by atoms with E-state index in [-0.39, 0.29) is 16.5 Å². The standard InChI is InChI=1S/C4H4N2O2.Ni/c7-4(8)6-2-1-5-3-6;/h1-3H,(H,7,8);. The molecule has 0 spiro atoms. The van der Waals surface area contributed by atoms with Crippen molar-refractivity contribution in [3.05, 3.63) is 18.7 Å². The van der Waals surface area contributed by atoms with Crippen LogP contribution in [0.25, 0.3) is 0 Å². The van der Waals surface area contributed by atoms with Crippen LogP contribution in [0.5, 0.6) is 0 Å². The maximum atomic E-state index is 9.98. The molecule has 0 amide bonds. The Balaban J connectivity index is 0.000000640. The van der Waals surface area contributed by atoms with Crippen molar-refractivity contribution in [3.8, 4) is 0 Å². The summed E-state index contributed by atoms with van der Waals surface area (Å²) in [6.07, 6.45) is 2.99. The molecule has 1 aromatic rings. The van der Waals surface area contributed by atoms with Gasteiger partial charge in [0, 0.05) is 28.9 Å². The zero-order valence-corrected chi connectivity index (χ0v) is 5.29. The van der Waals surface area contributed by atoms with Crippen LogP contribution in [0.3, 0.4) is 0 Å². The van der Waals surface area contributed by atoms with E-state index >= 15 is 0 Å². The summed E-state index contributed by atoms with van der Waals surface area (Å²) in [6.45, 7) is 0. The largest absolute Gasteiger partial charge is 0.464 e. The summed E-state index contributed by atoms with van der Waals surface area (Å²) in [7, 11) is 0. The van der Waals surface area contributed by atoms with Crippen molar-refractivity contribution in [2.75, 3.05) is 0 Å². The number of rotatable bonds is 0. The molecule has 0 aliphatic rings. The topological polar surface area (TPSA) is 55.1 Å². The predicted molar refractivity (Wildman–Crippen MR) is 25.6 cm³/mol. The molecule has 1 rings (SSSR count).